The van der Waals surface area contributed by atoms with E-state index in [4.69, 9.17) is 5.26 Å². The fraction of sp³-hybridized carbons (Fsp3) is 0.172. The molecule has 2 unspecified atom stereocenters. The molecule has 0 aromatic heterocycles. The van der Waals surface area contributed by atoms with Crippen molar-refractivity contribution >= 4 is 17.3 Å². The first-order valence-corrected chi connectivity index (χ1v) is 11.7. The zero-order valence-electron chi connectivity index (χ0n) is 20.6. The fourth-order valence-corrected chi connectivity index (χ4v) is 3.60. The third kappa shape index (κ3) is 7.80. The van der Waals surface area contributed by atoms with Crippen LogP contribution in [0.2, 0.25) is 0 Å². The van der Waals surface area contributed by atoms with Crippen LogP contribution in [0.25, 0.3) is 0 Å². The molecule has 6 nitrogen and oxygen atoms in total. The highest BCUT2D eigenvalue weighted by Gasteiger charge is 2.31. The summed E-state index contributed by atoms with van der Waals surface area (Å²) in [6.45, 7) is 4.78. The lowest BCUT2D eigenvalue weighted by Gasteiger charge is -2.24. The molecule has 0 bridgehead atoms. The van der Waals surface area contributed by atoms with Gasteiger partial charge in [-0.25, -0.2) is 0 Å². The van der Waals surface area contributed by atoms with Gasteiger partial charge in [0.25, 0.3) is 5.91 Å². The third-order valence-corrected chi connectivity index (χ3v) is 5.53. The molecule has 3 rings (SSSR count). The van der Waals surface area contributed by atoms with Gasteiger partial charge in [-0.15, -0.1) is 0 Å². The normalized spacial score (nSPS) is 13.2. The predicted molar refractivity (Wildman–Crippen MR) is 141 cm³/mol. The van der Waals surface area contributed by atoms with E-state index in [0.717, 1.165) is 11.1 Å². The van der Waals surface area contributed by atoms with Crippen molar-refractivity contribution in [1.29, 1.82) is 5.26 Å². The number of hydrogen-bond donors (Lipinski definition) is 4. The molecule has 0 radical (unpaired) electrons. The maximum atomic E-state index is 13.2. The van der Waals surface area contributed by atoms with Gasteiger partial charge >= 0.3 is 6.18 Å². The molecule has 196 valence electrons. The molecule has 0 fully saturated rings. The number of hydrogen-bond acceptors (Lipinski definition) is 5. The Morgan fingerprint density at radius 2 is 1.63 bits per heavy atom. The molecule has 0 spiro atoms. The first-order valence-electron chi connectivity index (χ1n) is 11.7. The summed E-state index contributed by atoms with van der Waals surface area (Å²) < 4.78 is 39.7. The predicted octanol–water partition coefficient (Wildman–Crippen LogP) is 5.67. The molecule has 0 saturated heterocycles. The van der Waals surface area contributed by atoms with Crippen molar-refractivity contribution in [2.75, 3.05) is 17.2 Å². The maximum Gasteiger partial charge on any atom is 0.415 e. The fourth-order valence-electron chi connectivity index (χ4n) is 3.60. The minimum Gasteiger partial charge on any atom is -0.395 e. The van der Waals surface area contributed by atoms with Crippen LogP contribution in [0.15, 0.2) is 103 Å². The number of nitriles is 1. The van der Waals surface area contributed by atoms with Crippen molar-refractivity contribution in [3.05, 3.63) is 119 Å². The molecule has 4 N–H and O–H groups in total. The highest BCUT2D eigenvalue weighted by atomic mass is 19.4. The number of amides is 1. The van der Waals surface area contributed by atoms with Gasteiger partial charge in [-0.3, -0.25) is 4.79 Å². The Morgan fingerprint density at radius 3 is 2.26 bits per heavy atom. The van der Waals surface area contributed by atoms with E-state index in [9.17, 15) is 23.1 Å². The summed E-state index contributed by atoms with van der Waals surface area (Å²) in [6.07, 6.45) is -4.12. The molecule has 3 aromatic rings. The lowest BCUT2D eigenvalue weighted by molar-refractivity contribution is -0.112. The largest absolute Gasteiger partial charge is 0.415 e. The molecule has 38 heavy (non-hydrogen) atoms. The van der Waals surface area contributed by atoms with E-state index in [1.54, 1.807) is 24.3 Å². The van der Waals surface area contributed by atoms with Gasteiger partial charge in [0, 0.05) is 17.4 Å². The lowest BCUT2D eigenvalue weighted by atomic mass is 9.97. The van der Waals surface area contributed by atoms with Crippen LogP contribution in [0.5, 0.6) is 0 Å². The lowest BCUT2D eigenvalue weighted by Crippen LogP contribution is -2.33. The van der Waals surface area contributed by atoms with E-state index in [1.165, 1.54) is 18.2 Å². The number of aliphatic hydroxyl groups is 1. The van der Waals surface area contributed by atoms with Crippen LogP contribution < -0.4 is 16.0 Å². The number of halogens is 3. The summed E-state index contributed by atoms with van der Waals surface area (Å²) in [5.41, 5.74) is 0.967. The van der Waals surface area contributed by atoms with Crippen LogP contribution in [0.3, 0.4) is 0 Å². The number of carbonyl (C=O) groups excluding carboxylic acids is 1. The second-order valence-corrected chi connectivity index (χ2v) is 8.57. The van der Waals surface area contributed by atoms with Crippen LogP contribution in [0, 0.1) is 11.3 Å². The SMILES string of the molecule is C=C(/C=C(\Nc1cccc(C#N)c1)C(=O)Nc1cccc(C(NC(C)CO)c2ccccc2)c1)C(F)(F)F. The molecule has 2 atom stereocenters. The monoisotopic (exact) mass is 520 g/mol. The standard InChI is InChI=1S/C29H27F3N4O2/c1-19(29(30,31)32)14-26(35-24-12-6-8-21(15-24)17-33)28(38)36-25-13-7-11-23(16-25)27(34-20(2)18-37)22-9-4-3-5-10-22/h3-16,20,27,34-35,37H,1,18H2,2H3,(H,36,38)/b26-14-. The molecular weight excluding hydrogens is 493 g/mol. The smallest absolute Gasteiger partial charge is 0.395 e. The number of rotatable bonds is 10. The van der Waals surface area contributed by atoms with Gasteiger partial charge in [-0.1, -0.05) is 55.1 Å². The van der Waals surface area contributed by atoms with E-state index >= 15 is 0 Å². The molecule has 3 aromatic carbocycles. The number of allylic oxidation sites excluding steroid dienone is 2. The summed E-state index contributed by atoms with van der Waals surface area (Å²) in [4.78, 5) is 13.1. The number of benzene rings is 3. The first kappa shape index (κ1) is 28.2. The van der Waals surface area contributed by atoms with Gasteiger partial charge in [0.15, 0.2) is 0 Å². The Bertz CT molecular complexity index is 1350. The first-order chi connectivity index (χ1) is 18.1. The summed E-state index contributed by atoms with van der Waals surface area (Å²) in [7, 11) is 0. The van der Waals surface area contributed by atoms with Gasteiger partial charge in [0.1, 0.15) is 5.70 Å². The minimum atomic E-state index is -4.74. The van der Waals surface area contributed by atoms with Gasteiger partial charge in [0.2, 0.25) is 0 Å². The topological polar surface area (TPSA) is 97.2 Å². The molecule has 1 amide bonds. The molecular formula is C29H27F3N4O2. The van der Waals surface area contributed by atoms with Crippen LogP contribution in [0.4, 0.5) is 24.5 Å². The van der Waals surface area contributed by atoms with Crippen molar-refractivity contribution < 1.29 is 23.1 Å². The van der Waals surface area contributed by atoms with Gasteiger partial charge in [-0.05, 0) is 54.5 Å². The number of aliphatic hydroxyl groups excluding tert-OH is 1. The van der Waals surface area contributed by atoms with Crippen LogP contribution in [0.1, 0.15) is 29.7 Å². The Morgan fingerprint density at radius 1 is 1.00 bits per heavy atom. The van der Waals surface area contributed by atoms with E-state index in [2.05, 4.69) is 22.5 Å². The number of nitrogens with one attached hydrogen (secondary N) is 3. The van der Waals surface area contributed by atoms with E-state index in [1.807, 2.05) is 49.4 Å². The van der Waals surface area contributed by atoms with Crippen molar-refractivity contribution in [1.82, 2.24) is 5.32 Å². The van der Waals surface area contributed by atoms with Crippen LogP contribution in [-0.4, -0.2) is 29.8 Å². The maximum absolute atomic E-state index is 13.2. The van der Waals surface area contributed by atoms with Crippen molar-refractivity contribution in [2.45, 2.75) is 25.2 Å². The highest BCUT2D eigenvalue weighted by molar-refractivity contribution is 6.06. The van der Waals surface area contributed by atoms with E-state index in [-0.39, 0.29) is 29.9 Å². The molecule has 0 aliphatic carbocycles. The summed E-state index contributed by atoms with van der Waals surface area (Å²) in [5.74, 6) is -0.831. The number of nitrogens with zero attached hydrogens (tertiary/aromatic N) is 1. The van der Waals surface area contributed by atoms with Crippen molar-refractivity contribution in [3.8, 4) is 6.07 Å². The number of carbonyl (C=O) groups is 1. The number of alkyl halides is 3. The average Bonchev–Trinajstić information content (AvgIpc) is 2.91. The molecule has 0 saturated carbocycles. The third-order valence-electron chi connectivity index (χ3n) is 5.53. The molecule has 0 aliphatic rings. The zero-order chi connectivity index (χ0) is 27.7. The van der Waals surface area contributed by atoms with Crippen LogP contribution >= 0.6 is 0 Å². The Hall–Kier alpha value is -4.39. The minimum absolute atomic E-state index is 0.0876. The Balaban J connectivity index is 1.92. The molecule has 0 heterocycles. The molecule has 0 aliphatic heterocycles. The second-order valence-electron chi connectivity index (χ2n) is 8.57. The summed E-state index contributed by atoms with van der Waals surface area (Å²) in [6, 6.07) is 23.8. The quantitative estimate of drug-likeness (QED) is 0.204. The second kappa shape index (κ2) is 12.7. The van der Waals surface area contributed by atoms with Gasteiger partial charge in [0.05, 0.1) is 29.9 Å². The highest BCUT2D eigenvalue weighted by Crippen LogP contribution is 2.28. The molecule has 9 heteroatoms. The average molecular weight is 521 g/mol. The Labute approximate surface area is 219 Å². The Kier molecular flexibility index (Phi) is 9.44. The van der Waals surface area contributed by atoms with Crippen molar-refractivity contribution in [3.63, 3.8) is 0 Å². The zero-order valence-corrected chi connectivity index (χ0v) is 20.6. The van der Waals surface area contributed by atoms with Crippen molar-refractivity contribution in [2.24, 2.45) is 0 Å². The van der Waals surface area contributed by atoms with Gasteiger partial charge in [-0.2, -0.15) is 18.4 Å². The summed E-state index contributed by atoms with van der Waals surface area (Å²) in [5, 5.41) is 27.3. The number of anilines is 2. The van der Waals surface area contributed by atoms with E-state index in [0.29, 0.717) is 11.8 Å². The summed E-state index contributed by atoms with van der Waals surface area (Å²) >= 11 is 0. The van der Waals surface area contributed by atoms with E-state index < -0.39 is 23.4 Å². The van der Waals surface area contributed by atoms with Crippen LogP contribution in [-0.2, 0) is 4.79 Å². The van der Waals surface area contributed by atoms with Gasteiger partial charge < -0.3 is 21.1 Å².